The highest BCUT2D eigenvalue weighted by Crippen LogP contribution is 2.33. The van der Waals surface area contributed by atoms with E-state index in [1.165, 1.54) is 6.20 Å². The van der Waals surface area contributed by atoms with Crippen LogP contribution in [-0.4, -0.2) is 28.5 Å². The molecule has 1 aromatic rings. The number of carbonyl (C=O) groups is 1. The van der Waals surface area contributed by atoms with Crippen molar-refractivity contribution in [2.24, 2.45) is 5.92 Å². The van der Waals surface area contributed by atoms with Crippen LogP contribution in [0.1, 0.15) is 36.7 Å². The van der Waals surface area contributed by atoms with Crippen molar-refractivity contribution in [2.75, 3.05) is 6.61 Å². The van der Waals surface area contributed by atoms with Gasteiger partial charge in [0.15, 0.2) is 5.78 Å². The van der Waals surface area contributed by atoms with Crippen LogP contribution in [0.2, 0.25) is 0 Å². The van der Waals surface area contributed by atoms with Gasteiger partial charge in [-0.05, 0) is 25.7 Å². The molecule has 4 heteroatoms. The molecule has 0 amide bonds. The predicted octanol–water partition coefficient (Wildman–Crippen LogP) is 1.86. The Morgan fingerprint density at radius 2 is 2.31 bits per heavy atom. The number of aromatic nitrogens is 2. The van der Waals surface area contributed by atoms with Gasteiger partial charge < -0.3 is 4.74 Å². The Bertz CT molecular complexity index is 347. The Balaban J connectivity index is 1.78. The fourth-order valence-corrected chi connectivity index (χ4v) is 2.02. The van der Waals surface area contributed by atoms with Crippen molar-refractivity contribution in [2.45, 2.75) is 32.3 Å². The summed E-state index contributed by atoms with van der Waals surface area (Å²) in [5.41, 5.74) is 0.474. The maximum Gasteiger partial charge on any atom is 0.183 e. The summed E-state index contributed by atoms with van der Waals surface area (Å²) in [4.78, 5) is 19.7. The van der Waals surface area contributed by atoms with Crippen molar-refractivity contribution < 1.29 is 9.53 Å². The number of ether oxygens (including phenoxy) is 1. The second-order valence-electron chi connectivity index (χ2n) is 4.13. The zero-order chi connectivity index (χ0) is 11.4. The molecule has 0 unspecified atom stereocenters. The Morgan fingerprint density at radius 1 is 1.50 bits per heavy atom. The molecule has 1 fully saturated rings. The highest BCUT2D eigenvalue weighted by Gasteiger charge is 2.31. The van der Waals surface area contributed by atoms with Crippen molar-refractivity contribution in [3.8, 4) is 0 Å². The molecule has 1 aromatic heterocycles. The van der Waals surface area contributed by atoms with Crippen LogP contribution in [0.3, 0.4) is 0 Å². The predicted molar refractivity (Wildman–Crippen MR) is 59.1 cm³/mol. The van der Waals surface area contributed by atoms with Crippen LogP contribution < -0.4 is 0 Å². The van der Waals surface area contributed by atoms with Crippen molar-refractivity contribution in [3.05, 3.63) is 24.3 Å². The van der Waals surface area contributed by atoms with Gasteiger partial charge in [-0.3, -0.25) is 9.78 Å². The molecule has 86 valence electrons. The van der Waals surface area contributed by atoms with Crippen molar-refractivity contribution in [3.63, 3.8) is 0 Å². The van der Waals surface area contributed by atoms with E-state index in [9.17, 15) is 4.79 Å². The first-order valence-corrected chi connectivity index (χ1v) is 5.70. The Morgan fingerprint density at radius 3 is 2.94 bits per heavy atom. The van der Waals surface area contributed by atoms with Crippen LogP contribution in [0, 0.1) is 5.92 Å². The maximum atomic E-state index is 11.8. The van der Waals surface area contributed by atoms with Gasteiger partial charge in [-0.25, -0.2) is 4.98 Å². The normalized spacial score (nSPS) is 23.8. The minimum Gasteiger partial charge on any atom is -0.378 e. The molecule has 0 spiro atoms. The number of nitrogens with zero attached hydrogens (tertiary/aromatic N) is 2. The molecular weight excluding hydrogens is 204 g/mol. The summed E-state index contributed by atoms with van der Waals surface area (Å²) in [6.07, 6.45) is 7.59. The van der Waals surface area contributed by atoms with Crippen molar-refractivity contribution in [1.82, 2.24) is 9.97 Å². The largest absolute Gasteiger partial charge is 0.378 e. The van der Waals surface area contributed by atoms with E-state index in [1.54, 1.807) is 12.4 Å². The molecule has 0 aromatic carbocycles. The minimum atomic E-state index is 0.0908. The second-order valence-corrected chi connectivity index (χ2v) is 4.13. The standard InChI is InChI=1S/C12H16N2O2/c1-2-16-10-5-9(6-10)7-12(15)11-8-13-3-4-14-11/h3-4,8-10H,2,5-7H2,1H3. The fraction of sp³-hybridized carbons (Fsp3) is 0.583. The van der Waals surface area contributed by atoms with E-state index in [-0.39, 0.29) is 5.78 Å². The summed E-state index contributed by atoms with van der Waals surface area (Å²) in [5, 5.41) is 0. The number of hydrogen-bond acceptors (Lipinski definition) is 4. The van der Waals surface area contributed by atoms with Gasteiger partial charge >= 0.3 is 0 Å². The highest BCUT2D eigenvalue weighted by molar-refractivity contribution is 5.94. The van der Waals surface area contributed by atoms with Crippen LogP contribution in [0.5, 0.6) is 0 Å². The van der Waals surface area contributed by atoms with Gasteiger partial charge in [-0.15, -0.1) is 0 Å². The molecule has 0 atom stereocenters. The quantitative estimate of drug-likeness (QED) is 0.711. The molecule has 4 nitrogen and oxygen atoms in total. The summed E-state index contributed by atoms with van der Waals surface area (Å²) in [6, 6.07) is 0. The third-order valence-corrected chi connectivity index (χ3v) is 2.92. The third kappa shape index (κ3) is 2.64. The van der Waals surface area contributed by atoms with Gasteiger partial charge in [0.25, 0.3) is 0 Å². The van der Waals surface area contributed by atoms with Gasteiger partial charge in [-0.2, -0.15) is 0 Å². The lowest BCUT2D eigenvalue weighted by molar-refractivity contribution is -0.0246. The molecule has 2 rings (SSSR count). The molecule has 0 N–H and O–H groups in total. The summed E-state index contributed by atoms with van der Waals surface area (Å²) < 4.78 is 5.46. The Labute approximate surface area is 95.1 Å². The molecule has 1 saturated carbocycles. The smallest absolute Gasteiger partial charge is 0.183 e. The van der Waals surface area contributed by atoms with Crippen LogP contribution in [0.25, 0.3) is 0 Å². The van der Waals surface area contributed by atoms with Gasteiger partial charge in [0.1, 0.15) is 5.69 Å². The molecule has 16 heavy (non-hydrogen) atoms. The van der Waals surface area contributed by atoms with Crippen LogP contribution >= 0.6 is 0 Å². The van der Waals surface area contributed by atoms with E-state index in [0.29, 0.717) is 24.1 Å². The number of carbonyl (C=O) groups excluding carboxylic acids is 1. The Hall–Kier alpha value is -1.29. The summed E-state index contributed by atoms with van der Waals surface area (Å²) in [5.74, 6) is 0.555. The zero-order valence-corrected chi connectivity index (χ0v) is 9.43. The molecule has 0 radical (unpaired) electrons. The second kappa shape index (κ2) is 5.16. The van der Waals surface area contributed by atoms with E-state index in [2.05, 4.69) is 9.97 Å². The van der Waals surface area contributed by atoms with Gasteiger partial charge in [0, 0.05) is 25.4 Å². The summed E-state index contributed by atoms with van der Waals surface area (Å²) >= 11 is 0. The number of hydrogen-bond donors (Lipinski definition) is 0. The van der Waals surface area contributed by atoms with E-state index in [1.807, 2.05) is 6.92 Å². The zero-order valence-electron chi connectivity index (χ0n) is 9.43. The molecule has 0 saturated heterocycles. The lowest BCUT2D eigenvalue weighted by Gasteiger charge is -2.34. The maximum absolute atomic E-state index is 11.8. The topological polar surface area (TPSA) is 52.1 Å². The first-order valence-electron chi connectivity index (χ1n) is 5.70. The molecule has 0 bridgehead atoms. The molecule has 1 heterocycles. The van der Waals surface area contributed by atoms with Crippen LogP contribution in [-0.2, 0) is 4.74 Å². The summed E-state index contributed by atoms with van der Waals surface area (Å²) in [7, 11) is 0. The van der Waals surface area contributed by atoms with Crippen molar-refractivity contribution in [1.29, 1.82) is 0 Å². The molecule has 1 aliphatic rings. The van der Waals surface area contributed by atoms with Gasteiger partial charge in [0.2, 0.25) is 0 Å². The number of ketones is 1. The SMILES string of the molecule is CCOC1CC(CC(=O)c2cnccn2)C1. The lowest BCUT2D eigenvalue weighted by atomic mass is 9.79. The third-order valence-electron chi connectivity index (χ3n) is 2.92. The van der Waals surface area contributed by atoms with Crippen LogP contribution in [0.4, 0.5) is 0 Å². The first kappa shape index (κ1) is 11.2. The lowest BCUT2D eigenvalue weighted by Crippen LogP contribution is -2.32. The van der Waals surface area contributed by atoms with Gasteiger partial charge in [-0.1, -0.05) is 0 Å². The van der Waals surface area contributed by atoms with Crippen LogP contribution in [0.15, 0.2) is 18.6 Å². The Kier molecular flexibility index (Phi) is 3.62. The van der Waals surface area contributed by atoms with E-state index in [4.69, 9.17) is 4.74 Å². The van der Waals surface area contributed by atoms with E-state index >= 15 is 0 Å². The van der Waals surface area contributed by atoms with Crippen molar-refractivity contribution >= 4 is 5.78 Å². The monoisotopic (exact) mass is 220 g/mol. The average Bonchev–Trinajstić information content (AvgIpc) is 2.27. The van der Waals surface area contributed by atoms with E-state index in [0.717, 1.165) is 19.4 Å². The number of rotatable bonds is 5. The molecule has 0 aliphatic heterocycles. The fourth-order valence-electron chi connectivity index (χ4n) is 2.02. The molecular formula is C12H16N2O2. The van der Waals surface area contributed by atoms with E-state index < -0.39 is 0 Å². The average molecular weight is 220 g/mol. The van der Waals surface area contributed by atoms with Gasteiger partial charge in [0.05, 0.1) is 12.3 Å². The number of Topliss-reactive ketones (excluding diaryl/α,β-unsaturated/α-hetero) is 1. The first-order chi connectivity index (χ1) is 7.79. The summed E-state index contributed by atoms with van der Waals surface area (Å²) in [6.45, 7) is 2.76. The highest BCUT2D eigenvalue weighted by atomic mass is 16.5. The minimum absolute atomic E-state index is 0.0908. The molecule has 1 aliphatic carbocycles.